The van der Waals surface area contributed by atoms with Crippen molar-refractivity contribution in [3.63, 3.8) is 0 Å². The molecule has 0 spiro atoms. The first-order valence-corrected chi connectivity index (χ1v) is 8.76. The highest BCUT2D eigenvalue weighted by atomic mass is 16.2. The summed E-state index contributed by atoms with van der Waals surface area (Å²) in [4.78, 5) is 24.4. The van der Waals surface area contributed by atoms with E-state index in [0.717, 1.165) is 18.5 Å². The number of amides is 2. The number of benzene rings is 1. The van der Waals surface area contributed by atoms with Crippen LogP contribution in [0.5, 0.6) is 0 Å². The number of rotatable bonds is 5. The summed E-state index contributed by atoms with van der Waals surface area (Å²) < 4.78 is 0. The van der Waals surface area contributed by atoms with E-state index in [4.69, 9.17) is 0 Å². The van der Waals surface area contributed by atoms with Crippen LogP contribution in [0, 0.1) is 11.8 Å². The molecular weight excluding hydrogens is 288 g/mol. The Morgan fingerprint density at radius 2 is 1.61 bits per heavy atom. The van der Waals surface area contributed by atoms with Crippen molar-refractivity contribution in [1.29, 1.82) is 0 Å². The number of carbonyl (C=O) groups excluding carboxylic acids is 2. The second kappa shape index (κ2) is 6.73. The Morgan fingerprint density at radius 1 is 1.00 bits per heavy atom. The molecule has 2 aliphatic rings. The number of hydrogen-bond donors (Lipinski definition) is 2. The molecule has 2 aliphatic carbocycles. The van der Waals surface area contributed by atoms with E-state index >= 15 is 0 Å². The monoisotopic (exact) mass is 314 g/mol. The van der Waals surface area contributed by atoms with Crippen molar-refractivity contribution in [2.75, 3.05) is 5.32 Å². The normalized spacial score (nSPS) is 23.8. The molecule has 0 radical (unpaired) electrons. The van der Waals surface area contributed by atoms with Crippen LogP contribution in [-0.4, -0.2) is 17.9 Å². The molecule has 2 N–H and O–H groups in total. The molecule has 0 saturated heterocycles. The summed E-state index contributed by atoms with van der Waals surface area (Å²) in [6.07, 6.45) is 5.24. The van der Waals surface area contributed by atoms with Gasteiger partial charge in [-0.25, -0.2) is 0 Å². The van der Waals surface area contributed by atoms with E-state index in [1.54, 1.807) is 0 Å². The standard InChI is InChI=1S/C19H26N2O2/c1-12(2)13-7-9-15(10-8-13)21-19(23)17-11-16(17)18(22)20-14-5-3-4-6-14/h7-10,12,14,16-17H,3-6,11H2,1-2H3,(H,20,22)(H,21,23). The van der Waals surface area contributed by atoms with Crippen LogP contribution in [0.3, 0.4) is 0 Å². The first-order chi connectivity index (χ1) is 11.0. The van der Waals surface area contributed by atoms with Gasteiger partial charge in [0.25, 0.3) is 0 Å². The Labute approximate surface area is 138 Å². The molecule has 1 aromatic rings. The fourth-order valence-corrected chi connectivity index (χ4v) is 3.34. The first-order valence-electron chi connectivity index (χ1n) is 8.76. The molecule has 2 amide bonds. The third-order valence-electron chi connectivity index (χ3n) is 5.01. The van der Waals surface area contributed by atoms with Crippen LogP contribution in [-0.2, 0) is 9.59 Å². The maximum Gasteiger partial charge on any atom is 0.228 e. The lowest BCUT2D eigenvalue weighted by Gasteiger charge is -2.12. The smallest absolute Gasteiger partial charge is 0.228 e. The Bertz CT molecular complexity index is 574. The third kappa shape index (κ3) is 3.92. The quantitative estimate of drug-likeness (QED) is 0.874. The number of nitrogens with one attached hydrogen (secondary N) is 2. The second-order valence-electron chi connectivity index (χ2n) is 7.20. The Kier molecular flexibility index (Phi) is 4.69. The largest absolute Gasteiger partial charge is 0.353 e. The van der Waals surface area contributed by atoms with Crippen LogP contribution in [0.15, 0.2) is 24.3 Å². The van der Waals surface area contributed by atoms with E-state index in [2.05, 4.69) is 24.5 Å². The van der Waals surface area contributed by atoms with E-state index in [1.165, 1.54) is 18.4 Å². The fraction of sp³-hybridized carbons (Fsp3) is 0.579. The van der Waals surface area contributed by atoms with Gasteiger partial charge in [-0.2, -0.15) is 0 Å². The lowest BCUT2D eigenvalue weighted by atomic mass is 10.0. The summed E-state index contributed by atoms with van der Waals surface area (Å²) in [7, 11) is 0. The van der Waals surface area contributed by atoms with Crippen molar-refractivity contribution in [2.45, 2.75) is 57.9 Å². The SMILES string of the molecule is CC(C)c1ccc(NC(=O)C2CC2C(=O)NC2CCCC2)cc1. The van der Waals surface area contributed by atoms with Crippen LogP contribution in [0.1, 0.15) is 57.4 Å². The predicted octanol–water partition coefficient (Wildman–Crippen LogP) is 3.44. The molecule has 0 heterocycles. The van der Waals surface area contributed by atoms with Gasteiger partial charge in [-0.15, -0.1) is 0 Å². The van der Waals surface area contributed by atoms with Crippen LogP contribution >= 0.6 is 0 Å². The highest BCUT2D eigenvalue weighted by Crippen LogP contribution is 2.40. The maximum atomic E-state index is 12.3. The Morgan fingerprint density at radius 3 is 2.22 bits per heavy atom. The van der Waals surface area contributed by atoms with Gasteiger partial charge >= 0.3 is 0 Å². The molecule has 2 unspecified atom stereocenters. The minimum Gasteiger partial charge on any atom is -0.353 e. The van der Waals surface area contributed by atoms with Gasteiger partial charge in [-0.3, -0.25) is 9.59 Å². The van der Waals surface area contributed by atoms with Gasteiger partial charge in [-0.05, 0) is 42.9 Å². The summed E-state index contributed by atoms with van der Waals surface area (Å²) in [6.45, 7) is 4.29. The van der Waals surface area contributed by atoms with Gasteiger partial charge in [-0.1, -0.05) is 38.8 Å². The summed E-state index contributed by atoms with van der Waals surface area (Å²) in [6, 6.07) is 8.27. The Balaban J connectivity index is 1.48. The van der Waals surface area contributed by atoms with Crippen LogP contribution in [0.25, 0.3) is 0 Å². The van der Waals surface area contributed by atoms with Gasteiger partial charge in [0.2, 0.25) is 11.8 Å². The molecule has 23 heavy (non-hydrogen) atoms. The van der Waals surface area contributed by atoms with Gasteiger partial charge < -0.3 is 10.6 Å². The summed E-state index contributed by atoms with van der Waals surface area (Å²) in [5.74, 6) is 0.208. The summed E-state index contributed by atoms with van der Waals surface area (Å²) in [5.41, 5.74) is 2.06. The van der Waals surface area contributed by atoms with E-state index in [9.17, 15) is 9.59 Å². The number of hydrogen-bond acceptors (Lipinski definition) is 2. The zero-order valence-corrected chi connectivity index (χ0v) is 14.0. The van der Waals surface area contributed by atoms with E-state index in [0.29, 0.717) is 18.4 Å². The molecule has 3 rings (SSSR count). The van der Waals surface area contributed by atoms with Crippen LogP contribution in [0.4, 0.5) is 5.69 Å². The highest BCUT2D eigenvalue weighted by molar-refractivity contribution is 5.99. The van der Waals surface area contributed by atoms with Crippen molar-refractivity contribution in [3.05, 3.63) is 29.8 Å². The average molecular weight is 314 g/mol. The molecule has 4 nitrogen and oxygen atoms in total. The fourth-order valence-electron chi connectivity index (χ4n) is 3.34. The number of anilines is 1. The molecule has 0 aliphatic heterocycles. The minimum atomic E-state index is -0.166. The molecule has 0 aromatic heterocycles. The molecule has 2 saturated carbocycles. The van der Waals surface area contributed by atoms with Gasteiger partial charge in [0.1, 0.15) is 0 Å². The molecule has 4 heteroatoms. The van der Waals surface area contributed by atoms with Gasteiger partial charge in [0.15, 0.2) is 0 Å². The zero-order valence-electron chi connectivity index (χ0n) is 14.0. The minimum absolute atomic E-state index is 0.0335. The molecule has 2 atom stereocenters. The van der Waals surface area contributed by atoms with E-state index in [1.807, 2.05) is 24.3 Å². The zero-order chi connectivity index (χ0) is 16.4. The molecule has 124 valence electrons. The third-order valence-corrected chi connectivity index (χ3v) is 5.01. The lowest BCUT2D eigenvalue weighted by molar-refractivity contribution is -0.125. The lowest BCUT2D eigenvalue weighted by Crippen LogP contribution is -2.34. The van der Waals surface area contributed by atoms with Crippen LogP contribution < -0.4 is 10.6 Å². The maximum absolute atomic E-state index is 12.3. The van der Waals surface area contributed by atoms with Gasteiger partial charge in [0.05, 0.1) is 11.8 Å². The average Bonchev–Trinajstić information content (AvgIpc) is 3.19. The topological polar surface area (TPSA) is 58.2 Å². The summed E-state index contributed by atoms with van der Waals surface area (Å²) >= 11 is 0. The Hall–Kier alpha value is -1.84. The molecular formula is C19H26N2O2. The van der Waals surface area contributed by atoms with Crippen molar-refractivity contribution < 1.29 is 9.59 Å². The predicted molar refractivity (Wildman–Crippen MR) is 91.2 cm³/mol. The first kappa shape index (κ1) is 16.0. The van der Waals surface area contributed by atoms with Crippen molar-refractivity contribution in [3.8, 4) is 0 Å². The van der Waals surface area contributed by atoms with Gasteiger partial charge in [0, 0.05) is 11.7 Å². The molecule has 1 aromatic carbocycles. The molecule has 0 bridgehead atoms. The van der Waals surface area contributed by atoms with Crippen LogP contribution in [0.2, 0.25) is 0 Å². The van der Waals surface area contributed by atoms with E-state index in [-0.39, 0.29) is 23.7 Å². The second-order valence-corrected chi connectivity index (χ2v) is 7.20. The molecule has 2 fully saturated rings. The number of carbonyl (C=O) groups is 2. The van der Waals surface area contributed by atoms with Crippen molar-refractivity contribution >= 4 is 17.5 Å². The van der Waals surface area contributed by atoms with E-state index < -0.39 is 0 Å². The van der Waals surface area contributed by atoms with Crippen molar-refractivity contribution in [1.82, 2.24) is 5.32 Å². The highest BCUT2D eigenvalue weighted by Gasteiger charge is 2.48. The summed E-state index contributed by atoms with van der Waals surface area (Å²) in [5, 5.41) is 6.02. The van der Waals surface area contributed by atoms with Crippen molar-refractivity contribution in [2.24, 2.45) is 11.8 Å².